The lowest BCUT2D eigenvalue weighted by Gasteiger charge is -2.06. The summed E-state index contributed by atoms with van der Waals surface area (Å²) >= 11 is 12.9. The summed E-state index contributed by atoms with van der Waals surface area (Å²) in [6.07, 6.45) is 0. The molecule has 23 heavy (non-hydrogen) atoms. The Morgan fingerprint density at radius 2 is 2.04 bits per heavy atom. The average Bonchev–Trinajstić information content (AvgIpc) is 2.86. The summed E-state index contributed by atoms with van der Waals surface area (Å²) in [4.78, 5) is 22.9. The molecule has 3 N–H and O–H groups in total. The normalized spacial score (nSPS) is 10.6. The Kier molecular flexibility index (Phi) is 5.86. The van der Waals surface area contributed by atoms with Crippen LogP contribution in [0.4, 0.5) is 0 Å². The number of benzene rings is 1. The fourth-order valence-electron chi connectivity index (χ4n) is 1.66. The summed E-state index contributed by atoms with van der Waals surface area (Å²) < 4.78 is 1.68. The molecule has 0 aliphatic heterocycles. The SMILES string of the molecule is Cn1c(CNC(=O)c2ccc(Cl)c(Cl)c2)nnc1SCC(N)=O. The number of nitrogens with zero attached hydrogens (tertiary/aromatic N) is 3. The molecule has 0 aliphatic carbocycles. The van der Waals surface area contributed by atoms with Gasteiger partial charge < -0.3 is 15.6 Å². The fourth-order valence-corrected chi connectivity index (χ4v) is 2.63. The monoisotopic (exact) mass is 373 g/mol. The van der Waals surface area contributed by atoms with Gasteiger partial charge in [0.25, 0.3) is 5.91 Å². The molecule has 0 saturated carbocycles. The molecule has 0 saturated heterocycles. The van der Waals surface area contributed by atoms with Crippen LogP contribution in [-0.2, 0) is 18.4 Å². The molecule has 1 aromatic heterocycles. The molecule has 7 nitrogen and oxygen atoms in total. The van der Waals surface area contributed by atoms with Crippen LogP contribution < -0.4 is 11.1 Å². The van der Waals surface area contributed by atoms with Crippen molar-refractivity contribution >= 4 is 46.8 Å². The molecule has 1 aromatic carbocycles. The van der Waals surface area contributed by atoms with Crippen molar-refractivity contribution in [3.8, 4) is 0 Å². The highest BCUT2D eigenvalue weighted by Gasteiger charge is 2.13. The van der Waals surface area contributed by atoms with E-state index in [1.807, 2.05) is 0 Å². The van der Waals surface area contributed by atoms with E-state index in [-0.39, 0.29) is 18.2 Å². The molecule has 10 heteroatoms. The second kappa shape index (κ2) is 7.67. The largest absolute Gasteiger partial charge is 0.369 e. The number of amides is 2. The Morgan fingerprint density at radius 1 is 1.30 bits per heavy atom. The Balaban J connectivity index is 1.99. The predicted molar refractivity (Wildman–Crippen MR) is 88.6 cm³/mol. The van der Waals surface area contributed by atoms with Crippen molar-refractivity contribution in [3.63, 3.8) is 0 Å². The first kappa shape index (κ1) is 17.6. The first-order chi connectivity index (χ1) is 10.9. The highest BCUT2D eigenvalue weighted by Crippen LogP contribution is 2.22. The van der Waals surface area contributed by atoms with Gasteiger partial charge in [-0.05, 0) is 18.2 Å². The molecule has 122 valence electrons. The van der Waals surface area contributed by atoms with Crippen molar-refractivity contribution in [2.75, 3.05) is 5.75 Å². The van der Waals surface area contributed by atoms with Gasteiger partial charge in [0.05, 0.1) is 22.3 Å². The summed E-state index contributed by atoms with van der Waals surface area (Å²) in [7, 11) is 1.74. The number of nitrogens with one attached hydrogen (secondary N) is 1. The molecule has 0 aliphatic rings. The predicted octanol–water partition coefficient (Wildman–Crippen LogP) is 1.63. The van der Waals surface area contributed by atoms with Gasteiger partial charge in [-0.3, -0.25) is 9.59 Å². The van der Waals surface area contributed by atoms with E-state index in [9.17, 15) is 9.59 Å². The number of primary amides is 1. The summed E-state index contributed by atoms with van der Waals surface area (Å²) in [5.74, 6) is -0.0857. The summed E-state index contributed by atoms with van der Waals surface area (Å²) in [6, 6.07) is 4.62. The van der Waals surface area contributed by atoms with E-state index in [0.29, 0.717) is 26.6 Å². The molecule has 0 bridgehead atoms. The van der Waals surface area contributed by atoms with E-state index in [2.05, 4.69) is 15.5 Å². The molecule has 2 amide bonds. The molecule has 0 fully saturated rings. The number of rotatable bonds is 6. The van der Waals surface area contributed by atoms with Crippen molar-refractivity contribution in [1.82, 2.24) is 20.1 Å². The Labute approximate surface area is 146 Å². The standard InChI is InChI=1S/C13H13Cl2N5O2S/c1-20-11(18-19-13(20)23-6-10(16)21)5-17-12(22)7-2-3-8(14)9(15)4-7/h2-4H,5-6H2,1H3,(H2,16,21)(H,17,22). The molecule has 1 heterocycles. The average molecular weight is 374 g/mol. The van der Waals surface area contributed by atoms with Crippen LogP contribution in [0.5, 0.6) is 0 Å². The van der Waals surface area contributed by atoms with Crippen LogP contribution in [0.2, 0.25) is 10.0 Å². The summed E-state index contributed by atoms with van der Waals surface area (Å²) in [5, 5.41) is 11.9. The van der Waals surface area contributed by atoms with Crippen LogP contribution in [0.1, 0.15) is 16.2 Å². The number of thioether (sulfide) groups is 1. The number of carbonyl (C=O) groups is 2. The van der Waals surface area contributed by atoms with Crippen molar-refractivity contribution < 1.29 is 9.59 Å². The van der Waals surface area contributed by atoms with Gasteiger partial charge in [-0.25, -0.2) is 0 Å². The third-order valence-corrected chi connectivity index (χ3v) is 4.64. The third-order valence-electron chi connectivity index (χ3n) is 2.86. The van der Waals surface area contributed by atoms with Gasteiger partial charge in [-0.15, -0.1) is 10.2 Å². The Hall–Kier alpha value is -1.77. The third kappa shape index (κ3) is 4.60. The maximum atomic E-state index is 12.1. The van der Waals surface area contributed by atoms with Crippen molar-refractivity contribution in [2.45, 2.75) is 11.7 Å². The van der Waals surface area contributed by atoms with Crippen LogP contribution in [0.3, 0.4) is 0 Å². The topological polar surface area (TPSA) is 103 Å². The lowest BCUT2D eigenvalue weighted by atomic mass is 10.2. The maximum absolute atomic E-state index is 12.1. The molecule has 0 spiro atoms. The molecule has 2 aromatic rings. The molecule has 2 rings (SSSR count). The smallest absolute Gasteiger partial charge is 0.251 e. The molecule has 0 radical (unpaired) electrons. The van der Waals surface area contributed by atoms with E-state index in [0.717, 1.165) is 0 Å². The van der Waals surface area contributed by atoms with Crippen LogP contribution in [0.15, 0.2) is 23.4 Å². The second-order valence-electron chi connectivity index (χ2n) is 4.52. The minimum absolute atomic E-state index is 0.113. The highest BCUT2D eigenvalue weighted by molar-refractivity contribution is 7.99. The number of carbonyl (C=O) groups excluding carboxylic acids is 2. The molecular weight excluding hydrogens is 361 g/mol. The van der Waals surface area contributed by atoms with Crippen molar-refractivity contribution in [2.24, 2.45) is 12.8 Å². The quantitative estimate of drug-likeness (QED) is 0.748. The number of halogens is 2. The minimum Gasteiger partial charge on any atom is -0.369 e. The van der Waals surface area contributed by atoms with E-state index in [4.69, 9.17) is 28.9 Å². The molecular formula is C13H13Cl2N5O2S. The number of aromatic nitrogens is 3. The Morgan fingerprint density at radius 3 is 2.70 bits per heavy atom. The summed E-state index contributed by atoms with van der Waals surface area (Å²) in [5.41, 5.74) is 5.48. The maximum Gasteiger partial charge on any atom is 0.251 e. The van der Waals surface area contributed by atoms with Gasteiger partial charge in [-0.1, -0.05) is 35.0 Å². The van der Waals surface area contributed by atoms with Gasteiger partial charge in [0.1, 0.15) is 0 Å². The van der Waals surface area contributed by atoms with Gasteiger partial charge >= 0.3 is 0 Å². The van der Waals surface area contributed by atoms with Gasteiger partial charge in [-0.2, -0.15) is 0 Å². The highest BCUT2D eigenvalue weighted by atomic mass is 35.5. The van der Waals surface area contributed by atoms with Crippen LogP contribution in [0.25, 0.3) is 0 Å². The first-order valence-electron chi connectivity index (χ1n) is 6.41. The minimum atomic E-state index is -0.438. The zero-order valence-electron chi connectivity index (χ0n) is 12.0. The van der Waals surface area contributed by atoms with Crippen molar-refractivity contribution in [1.29, 1.82) is 0 Å². The van der Waals surface area contributed by atoms with E-state index < -0.39 is 5.91 Å². The van der Waals surface area contributed by atoms with Gasteiger partial charge in [0, 0.05) is 12.6 Å². The number of hydrogen-bond donors (Lipinski definition) is 2. The van der Waals surface area contributed by atoms with Gasteiger partial charge in [0.2, 0.25) is 5.91 Å². The van der Waals surface area contributed by atoms with Crippen LogP contribution in [-0.4, -0.2) is 32.3 Å². The van der Waals surface area contributed by atoms with Crippen LogP contribution in [0, 0.1) is 0 Å². The van der Waals surface area contributed by atoms with E-state index in [1.54, 1.807) is 23.7 Å². The lowest BCUT2D eigenvalue weighted by Crippen LogP contribution is -2.24. The zero-order valence-corrected chi connectivity index (χ0v) is 14.4. The number of hydrogen-bond acceptors (Lipinski definition) is 5. The van der Waals surface area contributed by atoms with Gasteiger partial charge in [0.15, 0.2) is 11.0 Å². The zero-order chi connectivity index (χ0) is 17.0. The Bertz CT molecular complexity index is 750. The fraction of sp³-hybridized carbons (Fsp3) is 0.231. The molecule has 0 atom stereocenters. The number of nitrogens with two attached hydrogens (primary N) is 1. The van der Waals surface area contributed by atoms with Crippen LogP contribution >= 0.6 is 35.0 Å². The first-order valence-corrected chi connectivity index (χ1v) is 8.15. The summed E-state index contributed by atoms with van der Waals surface area (Å²) in [6.45, 7) is 0.180. The lowest BCUT2D eigenvalue weighted by molar-refractivity contribution is -0.115. The van der Waals surface area contributed by atoms with E-state index >= 15 is 0 Å². The van der Waals surface area contributed by atoms with Crippen molar-refractivity contribution in [3.05, 3.63) is 39.6 Å². The van der Waals surface area contributed by atoms with E-state index in [1.165, 1.54) is 17.8 Å². The second-order valence-corrected chi connectivity index (χ2v) is 6.28. The molecule has 0 unspecified atom stereocenters.